The Hall–Kier alpha value is -3.28. The van der Waals surface area contributed by atoms with Crippen molar-refractivity contribution in [3.63, 3.8) is 0 Å². The molecule has 0 spiro atoms. The summed E-state index contributed by atoms with van der Waals surface area (Å²) >= 11 is 0. The molecule has 1 saturated heterocycles. The molecule has 0 aromatic carbocycles. The van der Waals surface area contributed by atoms with E-state index in [9.17, 15) is 28.8 Å². The minimum atomic E-state index is -0.933. The zero-order chi connectivity index (χ0) is 31.5. The normalized spacial score (nSPS) is 21.7. The minimum absolute atomic E-state index is 0.0156. The van der Waals surface area contributed by atoms with Crippen molar-refractivity contribution < 1.29 is 33.5 Å². The number of ketones is 2. The number of Topliss-reactive ketones (excluding diaryl/α,β-unsaturated/α-hetero) is 2. The third-order valence-corrected chi connectivity index (χ3v) is 9.72. The molecular weight excluding hydrogens is 600 g/mol. The summed E-state index contributed by atoms with van der Waals surface area (Å²) in [6.45, 7) is 5.17. The molecule has 9 N–H and O–H groups in total. The van der Waals surface area contributed by atoms with Crippen LogP contribution in [0.15, 0.2) is 22.5 Å². The molecule has 2 aliphatic heterocycles. The number of fused-ring (bicyclic) bond motifs is 2. The van der Waals surface area contributed by atoms with Gasteiger partial charge >= 0.3 is 6.09 Å². The predicted molar refractivity (Wildman–Crippen MR) is 162 cm³/mol. The highest BCUT2D eigenvalue weighted by molar-refractivity contribution is 8.76. The summed E-state index contributed by atoms with van der Waals surface area (Å²) in [5.74, 6) is -0.345. The monoisotopic (exact) mass is 640 g/mol. The molecule has 1 fully saturated rings. The van der Waals surface area contributed by atoms with E-state index in [1.54, 1.807) is 17.7 Å². The summed E-state index contributed by atoms with van der Waals surface area (Å²) in [6.07, 6.45) is 0.350. The second-order valence-corrected chi connectivity index (χ2v) is 12.9. The maximum Gasteiger partial charge on any atom is 0.404 e. The zero-order valence-electron chi connectivity index (χ0n) is 24.2. The van der Waals surface area contributed by atoms with Crippen molar-refractivity contribution in [2.24, 2.45) is 17.4 Å². The molecule has 4 unspecified atom stereocenters. The number of allylic oxidation sites excluding steroid dienone is 2. The van der Waals surface area contributed by atoms with Crippen LogP contribution in [0.25, 0.3) is 0 Å². The van der Waals surface area contributed by atoms with E-state index in [1.165, 1.54) is 10.8 Å². The third-order valence-electron chi connectivity index (χ3n) is 7.31. The second-order valence-electron chi connectivity index (χ2n) is 10.2. The van der Waals surface area contributed by atoms with E-state index < -0.39 is 18.1 Å². The van der Waals surface area contributed by atoms with Gasteiger partial charge in [-0.2, -0.15) is 0 Å². The van der Waals surface area contributed by atoms with Gasteiger partial charge in [-0.05, 0) is 20.3 Å². The molecule has 2 heterocycles. The van der Waals surface area contributed by atoms with Gasteiger partial charge in [-0.1, -0.05) is 21.6 Å². The Morgan fingerprint density at radius 3 is 2.56 bits per heavy atom. The molecule has 4 atom stereocenters. The van der Waals surface area contributed by atoms with Gasteiger partial charge in [0.05, 0.1) is 24.1 Å². The van der Waals surface area contributed by atoms with E-state index in [0.29, 0.717) is 67.5 Å². The summed E-state index contributed by atoms with van der Waals surface area (Å²) in [5.41, 5.74) is 12.3. The number of carbonyl (C=O) groups is 6. The van der Waals surface area contributed by atoms with Crippen LogP contribution in [0, 0.1) is 5.92 Å². The van der Waals surface area contributed by atoms with Gasteiger partial charge in [-0.25, -0.2) is 4.79 Å². The van der Waals surface area contributed by atoms with Crippen LogP contribution < -0.4 is 38.1 Å². The van der Waals surface area contributed by atoms with Crippen molar-refractivity contribution in [2.45, 2.75) is 44.8 Å². The number of nitrogens with one attached hydrogen (secondary N) is 5. The topological polar surface area (TPSA) is 227 Å². The lowest BCUT2D eigenvalue weighted by molar-refractivity contribution is -0.123. The molecule has 0 saturated carbocycles. The molecule has 17 heteroatoms. The largest absolute Gasteiger partial charge is 0.449 e. The maximum absolute atomic E-state index is 13.6. The standard InChI is InChI=1S/C26H40N8O7S2/c1-14-20(24(38)19-16(11-41-26(28)40)21-15(2)33-12-34(21)22(19)23(14)37)30-6-8-42-43-9-7-31-25(39)17(27)10-32-18(36)4-3-5-29-13-35/h13,15-17,21,30,33H,3-12,27H2,1-2H3,(H2,28,40)(H,29,35)(H,31,39)(H,32,36). The Labute approximate surface area is 257 Å². The number of nitrogens with two attached hydrogens (primary N) is 2. The van der Waals surface area contributed by atoms with Crippen LogP contribution >= 0.6 is 21.6 Å². The first kappa shape index (κ1) is 34.2. The highest BCUT2D eigenvalue weighted by atomic mass is 33.1. The predicted octanol–water partition coefficient (Wildman–Crippen LogP) is -1.93. The van der Waals surface area contributed by atoms with Crippen molar-refractivity contribution in [3.05, 3.63) is 22.5 Å². The number of carbonyl (C=O) groups excluding carboxylic acids is 6. The smallest absolute Gasteiger partial charge is 0.404 e. The molecule has 1 aliphatic carbocycles. The third kappa shape index (κ3) is 8.87. The highest BCUT2D eigenvalue weighted by Crippen LogP contribution is 2.43. The average Bonchev–Trinajstić information content (AvgIpc) is 3.51. The lowest BCUT2D eigenvalue weighted by Crippen LogP contribution is -2.48. The van der Waals surface area contributed by atoms with E-state index in [4.69, 9.17) is 16.2 Å². The fourth-order valence-electron chi connectivity index (χ4n) is 5.22. The molecule has 238 valence electrons. The van der Waals surface area contributed by atoms with Gasteiger partial charge in [-0.15, -0.1) is 0 Å². The van der Waals surface area contributed by atoms with Crippen molar-refractivity contribution >= 4 is 57.5 Å². The van der Waals surface area contributed by atoms with Gasteiger partial charge in [-0.3, -0.25) is 29.3 Å². The van der Waals surface area contributed by atoms with Gasteiger partial charge in [0.15, 0.2) is 0 Å². The molecule has 0 bridgehead atoms. The zero-order valence-corrected chi connectivity index (χ0v) is 25.9. The molecule has 0 aromatic rings. The van der Waals surface area contributed by atoms with Gasteiger partial charge in [0.25, 0.3) is 0 Å². The summed E-state index contributed by atoms with van der Waals surface area (Å²) in [7, 11) is 3.08. The van der Waals surface area contributed by atoms with Crippen molar-refractivity contribution in [1.29, 1.82) is 0 Å². The van der Waals surface area contributed by atoms with E-state index in [0.717, 1.165) is 0 Å². The molecule has 3 rings (SSSR count). The van der Waals surface area contributed by atoms with Crippen molar-refractivity contribution in [2.75, 3.05) is 51.0 Å². The first-order valence-corrected chi connectivity index (χ1v) is 16.5. The number of hydrogen-bond acceptors (Lipinski definition) is 13. The van der Waals surface area contributed by atoms with Gasteiger partial charge in [0, 0.05) is 67.2 Å². The van der Waals surface area contributed by atoms with Crippen LogP contribution in [0.5, 0.6) is 0 Å². The summed E-state index contributed by atoms with van der Waals surface area (Å²) in [6, 6.07) is -1.10. The van der Waals surface area contributed by atoms with Gasteiger partial charge in [0.2, 0.25) is 29.8 Å². The second kappa shape index (κ2) is 16.5. The fraction of sp³-hybridized carbons (Fsp3) is 0.615. The Morgan fingerprint density at radius 2 is 1.86 bits per heavy atom. The molecule has 0 aromatic heterocycles. The van der Waals surface area contributed by atoms with E-state index in [1.807, 2.05) is 11.8 Å². The highest BCUT2D eigenvalue weighted by Gasteiger charge is 2.53. The average molecular weight is 641 g/mol. The first-order valence-electron chi connectivity index (χ1n) is 14.0. The Morgan fingerprint density at radius 1 is 1.14 bits per heavy atom. The number of amides is 4. The summed E-state index contributed by atoms with van der Waals surface area (Å²) in [5, 5.41) is 14.2. The van der Waals surface area contributed by atoms with E-state index in [2.05, 4.69) is 26.6 Å². The Kier molecular flexibility index (Phi) is 13.2. The number of ether oxygens (including phenoxy) is 1. The lowest BCUT2D eigenvalue weighted by atomic mass is 9.83. The van der Waals surface area contributed by atoms with Crippen molar-refractivity contribution in [3.8, 4) is 0 Å². The SMILES string of the molecule is CC1=C(NCCSSCCNC(=O)C(N)CNC(=O)CCCNC=O)C(=O)C2=C(C1=O)N1CNC(C)C1C2COC(N)=O. The minimum Gasteiger partial charge on any atom is -0.449 e. The number of rotatable bonds is 18. The fourth-order valence-corrected chi connectivity index (χ4v) is 7.04. The van der Waals surface area contributed by atoms with Crippen LogP contribution in [0.1, 0.15) is 26.7 Å². The lowest BCUT2D eigenvalue weighted by Gasteiger charge is -2.25. The molecule has 43 heavy (non-hydrogen) atoms. The maximum atomic E-state index is 13.6. The van der Waals surface area contributed by atoms with Gasteiger partial charge < -0.3 is 42.4 Å². The summed E-state index contributed by atoms with van der Waals surface area (Å²) < 4.78 is 5.07. The number of nitrogens with zero attached hydrogens (tertiary/aromatic N) is 1. The van der Waals surface area contributed by atoms with Crippen LogP contribution in [-0.2, 0) is 28.7 Å². The van der Waals surface area contributed by atoms with Crippen LogP contribution in [0.2, 0.25) is 0 Å². The quantitative estimate of drug-likeness (QED) is 0.0375. The molecule has 3 aliphatic rings. The summed E-state index contributed by atoms with van der Waals surface area (Å²) in [4.78, 5) is 74.2. The van der Waals surface area contributed by atoms with E-state index >= 15 is 0 Å². The van der Waals surface area contributed by atoms with E-state index in [-0.39, 0.29) is 60.7 Å². The van der Waals surface area contributed by atoms with Gasteiger partial charge in [0.1, 0.15) is 12.6 Å². The molecule has 15 nitrogen and oxygen atoms in total. The first-order chi connectivity index (χ1) is 20.6. The number of primary amides is 1. The molecule has 0 radical (unpaired) electrons. The number of hydrogen-bond donors (Lipinski definition) is 7. The van der Waals surface area contributed by atoms with Crippen LogP contribution in [-0.4, -0.2) is 110 Å². The Bertz CT molecular complexity index is 1160. The van der Waals surface area contributed by atoms with Crippen molar-refractivity contribution in [1.82, 2.24) is 31.5 Å². The van der Waals surface area contributed by atoms with Crippen LogP contribution in [0.3, 0.4) is 0 Å². The molecular formula is C26H40N8O7S2. The Balaban J connectivity index is 1.37. The van der Waals surface area contributed by atoms with Crippen LogP contribution in [0.4, 0.5) is 4.79 Å². The molecule has 4 amide bonds.